The van der Waals surface area contributed by atoms with Crippen LogP contribution in [-0.4, -0.2) is 81.2 Å². The van der Waals surface area contributed by atoms with Crippen molar-refractivity contribution in [2.75, 3.05) is 70.7 Å². The van der Waals surface area contributed by atoms with E-state index in [4.69, 9.17) is 16.3 Å². The van der Waals surface area contributed by atoms with Crippen molar-refractivity contribution in [3.05, 3.63) is 47.1 Å². The van der Waals surface area contributed by atoms with Gasteiger partial charge in [0.2, 0.25) is 0 Å². The first-order valence-corrected chi connectivity index (χ1v) is 10.6. The maximum Gasteiger partial charge on any atom is 0.257 e. The van der Waals surface area contributed by atoms with Crippen LogP contribution in [0.25, 0.3) is 0 Å². The molecule has 1 aromatic heterocycles. The summed E-state index contributed by atoms with van der Waals surface area (Å²) < 4.78 is 5.49. The Morgan fingerprint density at radius 3 is 2.55 bits per heavy atom. The molecule has 1 amide bonds. The van der Waals surface area contributed by atoms with Crippen LogP contribution in [0.2, 0.25) is 5.15 Å². The Hall–Kier alpha value is -2.22. The number of pyridine rings is 1. The zero-order valence-corrected chi connectivity index (χ0v) is 19.9. The smallest absolute Gasteiger partial charge is 0.257 e. The molecule has 1 aliphatic heterocycles. The highest BCUT2D eigenvalue weighted by atomic mass is 35.5. The number of benzene rings is 1. The highest BCUT2D eigenvalue weighted by Crippen LogP contribution is 2.28. The standard InChI is InChI=1S/C22H30ClN5O2.ClH/c1-26(2)22(29)17-9-10-20(23)25-21(17)24-11-6-12-27-13-15-28(16-14-27)18-7-4-5-8-19(18)30-3;/h4-5,7-10H,6,11-16H2,1-3H3,(H,24,25);1H. The van der Waals surface area contributed by atoms with Crippen LogP contribution >= 0.6 is 24.0 Å². The number of hydrogen-bond acceptors (Lipinski definition) is 6. The Bertz CT molecular complexity index is 858. The number of amides is 1. The monoisotopic (exact) mass is 467 g/mol. The third-order valence-corrected chi connectivity index (χ3v) is 5.45. The van der Waals surface area contributed by atoms with Crippen molar-refractivity contribution >= 4 is 41.4 Å². The molecule has 1 aromatic carbocycles. The van der Waals surface area contributed by atoms with Gasteiger partial charge < -0.3 is 19.9 Å². The van der Waals surface area contributed by atoms with Crippen molar-refractivity contribution in [1.82, 2.24) is 14.8 Å². The third kappa shape index (κ3) is 6.63. The summed E-state index contributed by atoms with van der Waals surface area (Å²) in [6.45, 7) is 5.70. The average molecular weight is 468 g/mol. The molecular weight excluding hydrogens is 437 g/mol. The largest absolute Gasteiger partial charge is 0.495 e. The number of nitrogens with one attached hydrogen (secondary N) is 1. The maximum atomic E-state index is 12.3. The Morgan fingerprint density at radius 1 is 1.16 bits per heavy atom. The van der Waals surface area contributed by atoms with Gasteiger partial charge in [0.1, 0.15) is 16.7 Å². The summed E-state index contributed by atoms with van der Waals surface area (Å²) in [5, 5.41) is 3.66. The minimum absolute atomic E-state index is 0. The lowest BCUT2D eigenvalue weighted by molar-refractivity contribution is 0.0828. The van der Waals surface area contributed by atoms with Crippen molar-refractivity contribution in [3.8, 4) is 5.75 Å². The van der Waals surface area contributed by atoms with E-state index in [1.54, 1.807) is 33.3 Å². The predicted molar refractivity (Wildman–Crippen MR) is 129 cm³/mol. The molecule has 0 unspecified atom stereocenters. The fraction of sp³-hybridized carbons (Fsp3) is 0.455. The quantitative estimate of drug-likeness (QED) is 0.473. The molecule has 1 N–H and O–H groups in total. The number of anilines is 2. The lowest BCUT2D eigenvalue weighted by Crippen LogP contribution is -2.47. The third-order valence-electron chi connectivity index (χ3n) is 5.24. The maximum absolute atomic E-state index is 12.3. The van der Waals surface area contributed by atoms with Crippen LogP contribution in [-0.2, 0) is 0 Å². The summed E-state index contributed by atoms with van der Waals surface area (Å²) in [6, 6.07) is 11.5. The van der Waals surface area contributed by atoms with Crippen molar-refractivity contribution < 1.29 is 9.53 Å². The number of halogens is 2. The molecule has 170 valence electrons. The lowest BCUT2D eigenvalue weighted by atomic mass is 10.2. The normalized spacial score (nSPS) is 14.0. The molecular formula is C22H31Cl2N5O2. The Balaban J connectivity index is 0.00000341. The molecule has 0 saturated carbocycles. The van der Waals surface area contributed by atoms with Gasteiger partial charge in [0, 0.05) is 46.8 Å². The number of para-hydroxylation sites is 2. The van der Waals surface area contributed by atoms with Crippen LogP contribution in [0, 0.1) is 0 Å². The fourth-order valence-corrected chi connectivity index (χ4v) is 3.74. The average Bonchev–Trinajstić information content (AvgIpc) is 2.76. The fourth-order valence-electron chi connectivity index (χ4n) is 3.60. The molecule has 2 heterocycles. The van der Waals surface area contributed by atoms with E-state index in [2.05, 4.69) is 32.2 Å². The zero-order chi connectivity index (χ0) is 21.5. The summed E-state index contributed by atoms with van der Waals surface area (Å²) in [5.74, 6) is 1.38. The van der Waals surface area contributed by atoms with Crippen molar-refractivity contribution in [1.29, 1.82) is 0 Å². The highest BCUT2D eigenvalue weighted by Gasteiger charge is 2.19. The second-order valence-electron chi connectivity index (χ2n) is 7.51. The molecule has 1 aliphatic rings. The van der Waals surface area contributed by atoms with Crippen LogP contribution in [0.1, 0.15) is 16.8 Å². The van der Waals surface area contributed by atoms with E-state index in [1.807, 2.05) is 12.1 Å². The van der Waals surface area contributed by atoms with Gasteiger partial charge in [-0.1, -0.05) is 23.7 Å². The van der Waals surface area contributed by atoms with Gasteiger partial charge in [-0.05, 0) is 37.2 Å². The molecule has 3 rings (SSSR count). The van der Waals surface area contributed by atoms with Gasteiger partial charge in [0.15, 0.2) is 0 Å². The van der Waals surface area contributed by atoms with E-state index < -0.39 is 0 Å². The minimum Gasteiger partial charge on any atom is -0.495 e. The van der Waals surface area contributed by atoms with E-state index in [0.717, 1.165) is 57.1 Å². The molecule has 0 spiro atoms. The molecule has 0 atom stereocenters. The van der Waals surface area contributed by atoms with Crippen LogP contribution in [0.15, 0.2) is 36.4 Å². The van der Waals surface area contributed by atoms with Crippen molar-refractivity contribution in [2.24, 2.45) is 0 Å². The molecule has 0 aliphatic carbocycles. The van der Waals surface area contributed by atoms with Crippen LogP contribution < -0.4 is 15.0 Å². The number of aromatic nitrogens is 1. The van der Waals surface area contributed by atoms with Gasteiger partial charge >= 0.3 is 0 Å². The number of ether oxygens (including phenoxy) is 1. The molecule has 7 nitrogen and oxygen atoms in total. The SMILES string of the molecule is COc1ccccc1N1CCN(CCCNc2nc(Cl)ccc2C(=O)N(C)C)CC1.Cl. The molecule has 1 saturated heterocycles. The van der Waals surface area contributed by atoms with Crippen molar-refractivity contribution in [2.45, 2.75) is 6.42 Å². The van der Waals surface area contributed by atoms with Gasteiger partial charge in [0.05, 0.1) is 18.4 Å². The van der Waals surface area contributed by atoms with E-state index in [-0.39, 0.29) is 18.3 Å². The Labute approximate surface area is 195 Å². The van der Waals surface area contributed by atoms with Crippen LogP contribution in [0.4, 0.5) is 11.5 Å². The number of rotatable bonds is 8. The van der Waals surface area contributed by atoms with Gasteiger partial charge in [-0.15, -0.1) is 12.4 Å². The van der Waals surface area contributed by atoms with Gasteiger partial charge in [-0.2, -0.15) is 0 Å². The van der Waals surface area contributed by atoms with Gasteiger partial charge in [0.25, 0.3) is 5.91 Å². The molecule has 9 heteroatoms. The number of carbonyl (C=O) groups excluding carboxylic acids is 1. The Kier molecular flexibility index (Phi) is 9.68. The van der Waals surface area contributed by atoms with Crippen LogP contribution in [0.5, 0.6) is 5.75 Å². The summed E-state index contributed by atoms with van der Waals surface area (Å²) in [6.07, 6.45) is 0.957. The number of methoxy groups -OCH3 is 1. The van der Waals surface area contributed by atoms with E-state index in [1.165, 1.54) is 4.90 Å². The summed E-state index contributed by atoms with van der Waals surface area (Å²) >= 11 is 6.02. The molecule has 1 fully saturated rings. The summed E-state index contributed by atoms with van der Waals surface area (Å²) in [4.78, 5) is 23.0. The highest BCUT2D eigenvalue weighted by molar-refractivity contribution is 6.29. The van der Waals surface area contributed by atoms with E-state index >= 15 is 0 Å². The second kappa shape index (κ2) is 12.0. The minimum atomic E-state index is -0.0888. The molecule has 31 heavy (non-hydrogen) atoms. The first-order valence-electron chi connectivity index (χ1n) is 10.2. The number of hydrogen-bond donors (Lipinski definition) is 1. The van der Waals surface area contributed by atoms with Gasteiger partial charge in [-0.25, -0.2) is 4.98 Å². The molecule has 2 aromatic rings. The number of piperazine rings is 1. The topological polar surface area (TPSA) is 60.9 Å². The van der Waals surface area contributed by atoms with Crippen LogP contribution in [0.3, 0.4) is 0 Å². The summed E-state index contributed by atoms with van der Waals surface area (Å²) in [5.41, 5.74) is 1.70. The first kappa shape index (κ1) is 25.0. The zero-order valence-electron chi connectivity index (χ0n) is 18.3. The number of nitrogens with zero attached hydrogens (tertiary/aromatic N) is 4. The molecule has 0 radical (unpaired) electrons. The molecule has 0 bridgehead atoms. The van der Waals surface area contributed by atoms with E-state index in [0.29, 0.717) is 16.5 Å². The predicted octanol–water partition coefficient (Wildman–Crippen LogP) is 3.49. The number of carbonyl (C=O) groups is 1. The first-order chi connectivity index (χ1) is 14.5. The Morgan fingerprint density at radius 2 is 1.87 bits per heavy atom. The van der Waals surface area contributed by atoms with E-state index in [9.17, 15) is 4.79 Å². The lowest BCUT2D eigenvalue weighted by Gasteiger charge is -2.36. The van der Waals surface area contributed by atoms with Crippen molar-refractivity contribution in [3.63, 3.8) is 0 Å². The second-order valence-corrected chi connectivity index (χ2v) is 7.90. The van der Waals surface area contributed by atoms with Gasteiger partial charge in [-0.3, -0.25) is 9.69 Å². The summed E-state index contributed by atoms with van der Waals surface area (Å²) in [7, 11) is 5.17.